The maximum atomic E-state index is 3.50. The number of nitrogens with one attached hydrogen (secondary N) is 2. The summed E-state index contributed by atoms with van der Waals surface area (Å²) in [4.78, 5) is 3.45. The first-order valence-electron chi connectivity index (χ1n) is 7.07. The zero-order valence-electron chi connectivity index (χ0n) is 11.3. The molecule has 1 saturated heterocycles. The monoisotopic (exact) mass is 242 g/mol. The molecule has 0 radical (unpaired) electrons. The number of aromatic amines is 1. The van der Waals surface area contributed by atoms with Gasteiger partial charge in [-0.25, -0.2) is 0 Å². The summed E-state index contributed by atoms with van der Waals surface area (Å²) in [6.45, 7) is 6.79. The molecule has 1 aliphatic rings. The summed E-state index contributed by atoms with van der Waals surface area (Å²) in [5.74, 6) is 1.27. The predicted octanol–water partition coefficient (Wildman–Crippen LogP) is 3.76. The van der Waals surface area contributed by atoms with E-state index in [4.69, 9.17) is 0 Å². The van der Waals surface area contributed by atoms with Gasteiger partial charge >= 0.3 is 0 Å². The third kappa shape index (κ3) is 2.05. The van der Waals surface area contributed by atoms with Crippen LogP contribution in [0.5, 0.6) is 0 Å². The van der Waals surface area contributed by atoms with E-state index in [1.54, 1.807) is 0 Å². The van der Waals surface area contributed by atoms with Crippen molar-refractivity contribution in [3.63, 3.8) is 0 Å². The Morgan fingerprint density at radius 3 is 2.89 bits per heavy atom. The number of fused-ring (bicyclic) bond motifs is 1. The highest BCUT2D eigenvalue weighted by atomic mass is 14.9. The molecule has 2 nitrogen and oxygen atoms in total. The van der Waals surface area contributed by atoms with Crippen LogP contribution in [-0.4, -0.2) is 18.1 Å². The van der Waals surface area contributed by atoms with E-state index in [0.29, 0.717) is 11.8 Å². The maximum Gasteiger partial charge on any atom is 0.0459 e. The highest BCUT2D eigenvalue weighted by Crippen LogP contribution is 2.31. The van der Waals surface area contributed by atoms with Crippen molar-refractivity contribution in [2.75, 3.05) is 13.1 Å². The first kappa shape index (κ1) is 11.8. The lowest BCUT2D eigenvalue weighted by Gasteiger charge is -2.22. The van der Waals surface area contributed by atoms with Crippen molar-refractivity contribution in [2.45, 2.75) is 38.5 Å². The number of hydrogen-bond acceptors (Lipinski definition) is 1. The zero-order chi connectivity index (χ0) is 12.5. The number of hydrogen-bond donors (Lipinski definition) is 2. The van der Waals surface area contributed by atoms with Crippen LogP contribution in [0.4, 0.5) is 0 Å². The van der Waals surface area contributed by atoms with Crippen LogP contribution < -0.4 is 5.32 Å². The van der Waals surface area contributed by atoms with Gasteiger partial charge in [-0.1, -0.05) is 26.0 Å². The molecule has 0 spiro atoms. The Hall–Kier alpha value is -1.28. The lowest BCUT2D eigenvalue weighted by molar-refractivity contribution is 0.463. The topological polar surface area (TPSA) is 27.8 Å². The zero-order valence-corrected chi connectivity index (χ0v) is 11.3. The fourth-order valence-electron chi connectivity index (χ4n) is 2.98. The maximum absolute atomic E-state index is 3.50. The summed E-state index contributed by atoms with van der Waals surface area (Å²) in [5, 5.41) is 4.91. The number of H-pyrrole nitrogens is 1. The number of rotatable bonds is 2. The molecule has 2 aromatic rings. The molecule has 1 unspecified atom stereocenters. The Morgan fingerprint density at radius 2 is 2.17 bits per heavy atom. The van der Waals surface area contributed by atoms with E-state index in [1.807, 2.05) is 0 Å². The van der Waals surface area contributed by atoms with Gasteiger partial charge in [-0.2, -0.15) is 0 Å². The van der Waals surface area contributed by atoms with Gasteiger partial charge in [-0.05, 0) is 48.4 Å². The molecule has 3 rings (SSSR count). The van der Waals surface area contributed by atoms with E-state index in [2.05, 4.69) is 48.5 Å². The van der Waals surface area contributed by atoms with Gasteiger partial charge in [-0.3, -0.25) is 0 Å². The third-order valence-electron chi connectivity index (χ3n) is 4.14. The van der Waals surface area contributed by atoms with Crippen molar-refractivity contribution < 1.29 is 0 Å². The summed E-state index contributed by atoms with van der Waals surface area (Å²) in [6, 6.07) is 6.88. The number of aromatic nitrogens is 1. The molecule has 18 heavy (non-hydrogen) atoms. The summed E-state index contributed by atoms with van der Waals surface area (Å²) in [7, 11) is 0. The van der Waals surface area contributed by atoms with Crippen molar-refractivity contribution in [1.29, 1.82) is 0 Å². The van der Waals surface area contributed by atoms with E-state index in [1.165, 1.54) is 41.4 Å². The van der Waals surface area contributed by atoms with Crippen LogP contribution in [0.3, 0.4) is 0 Å². The molecular formula is C16H22N2. The summed E-state index contributed by atoms with van der Waals surface area (Å²) in [5.41, 5.74) is 4.20. The molecule has 0 aliphatic carbocycles. The minimum atomic E-state index is 0.595. The molecular weight excluding hydrogens is 220 g/mol. The quantitative estimate of drug-likeness (QED) is 0.824. The Kier molecular flexibility index (Phi) is 3.13. The molecule has 1 aromatic heterocycles. The van der Waals surface area contributed by atoms with Crippen molar-refractivity contribution in [3.8, 4) is 0 Å². The second kappa shape index (κ2) is 4.77. The third-order valence-corrected chi connectivity index (χ3v) is 4.14. The van der Waals surface area contributed by atoms with Gasteiger partial charge < -0.3 is 10.3 Å². The molecule has 0 bridgehead atoms. The van der Waals surface area contributed by atoms with Gasteiger partial charge in [0.2, 0.25) is 0 Å². The lowest BCUT2D eigenvalue weighted by Crippen LogP contribution is -2.28. The smallest absolute Gasteiger partial charge is 0.0459 e. The minimum absolute atomic E-state index is 0.595. The van der Waals surface area contributed by atoms with Gasteiger partial charge in [-0.15, -0.1) is 0 Å². The molecule has 1 fully saturated rings. The molecule has 96 valence electrons. The van der Waals surface area contributed by atoms with Crippen LogP contribution in [0.2, 0.25) is 0 Å². The molecule has 0 amide bonds. The van der Waals surface area contributed by atoms with Crippen molar-refractivity contribution in [2.24, 2.45) is 0 Å². The molecule has 0 saturated carbocycles. The van der Waals surface area contributed by atoms with Gasteiger partial charge in [0, 0.05) is 23.6 Å². The van der Waals surface area contributed by atoms with E-state index < -0.39 is 0 Å². The Labute approximate surface area is 109 Å². The number of piperidine rings is 1. The van der Waals surface area contributed by atoms with E-state index >= 15 is 0 Å². The lowest BCUT2D eigenvalue weighted by atomic mass is 9.91. The first-order chi connectivity index (χ1) is 8.75. The van der Waals surface area contributed by atoms with Crippen molar-refractivity contribution in [3.05, 3.63) is 35.5 Å². The fourth-order valence-corrected chi connectivity index (χ4v) is 2.98. The van der Waals surface area contributed by atoms with Crippen LogP contribution in [0.25, 0.3) is 10.9 Å². The van der Waals surface area contributed by atoms with Crippen LogP contribution >= 0.6 is 0 Å². The van der Waals surface area contributed by atoms with Crippen molar-refractivity contribution in [1.82, 2.24) is 10.3 Å². The van der Waals surface area contributed by atoms with Crippen molar-refractivity contribution >= 4 is 10.9 Å². The average Bonchev–Trinajstić information content (AvgIpc) is 2.82. The van der Waals surface area contributed by atoms with E-state index in [-0.39, 0.29) is 0 Å². The second-order valence-electron chi connectivity index (χ2n) is 5.75. The first-order valence-corrected chi connectivity index (χ1v) is 7.07. The Balaban J connectivity index is 1.98. The molecule has 2 heterocycles. The molecule has 1 aromatic carbocycles. The molecule has 2 N–H and O–H groups in total. The Morgan fingerprint density at radius 1 is 1.28 bits per heavy atom. The molecule has 2 heteroatoms. The van der Waals surface area contributed by atoms with Crippen LogP contribution in [0.1, 0.15) is 49.7 Å². The highest BCUT2D eigenvalue weighted by Gasteiger charge is 2.18. The number of benzene rings is 1. The standard InChI is InChI=1S/C16H22N2/c1-11(2)12-5-6-14-15(10-18-16(14)8-12)13-4-3-7-17-9-13/h5-6,8,10-11,13,17-18H,3-4,7,9H2,1-2H3. The normalized spacial score (nSPS) is 20.7. The molecule has 1 aliphatic heterocycles. The van der Waals surface area contributed by atoms with Gasteiger partial charge in [0.15, 0.2) is 0 Å². The van der Waals surface area contributed by atoms with Gasteiger partial charge in [0.05, 0.1) is 0 Å². The van der Waals surface area contributed by atoms with Gasteiger partial charge in [0.25, 0.3) is 0 Å². The van der Waals surface area contributed by atoms with Crippen LogP contribution in [0.15, 0.2) is 24.4 Å². The van der Waals surface area contributed by atoms with Crippen LogP contribution in [-0.2, 0) is 0 Å². The van der Waals surface area contributed by atoms with E-state index in [0.717, 1.165) is 6.54 Å². The van der Waals surface area contributed by atoms with Crippen LogP contribution in [0, 0.1) is 0 Å². The largest absolute Gasteiger partial charge is 0.361 e. The predicted molar refractivity (Wildman–Crippen MR) is 77.2 cm³/mol. The summed E-state index contributed by atoms with van der Waals surface area (Å²) in [6.07, 6.45) is 4.82. The summed E-state index contributed by atoms with van der Waals surface area (Å²) >= 11 is 0. The second-order valence-corrected chi connectivity index (χ2v) is 5.75. The SMILES string of the molecule is CC(C)c1ccc2c(C3CCCNC3)c[nH]c2c1. The summed E-state index contributed by atoms with van der Waals surface area (Å²) < 4.78 is 0. The fraction of sp³-hybridized carbons (Fsp3) is 0.500. The van der Waals surface area contributed by atoms with Gasteiger partial charge in [0.1, 0.15) is 0 Å². The highest BCUT2D eigenvalue weighted by molar-refractivity contribution is 5.84. The van der Waals surface area contributed by atoms with E-state index in [9.17, 15) is 0 Å². The minimum Gasteiger partial charge on any atom is -0.361 e. The Bertz CT molecular complexity index is 533. The molecule has 1 atom stereocenters. The average molecular weight is 242 g/mol.